The van der Waals surface area contributed by atoms with Crippen molar-refractivity contribution in [1.82, 2.24) is 15.5 Å². The van der Waals surface area contributed by atoms with Crippen LogP contribution in [-0.4, -0.2) is 43.0 Å². The minimum atomic E-state index is -0.0921. The normalized spacial score (nSPS) is 21.0. The number of piperazine rings is 1. The highest BCUT2D eigenvalue weighted by atomic mass is 35.5. The van der Waals surface area contributed by atoms with Gasteiger partial charge in [-0.2, -0.15) is 0 Å². The van der Waals surface area contributed by atoms with Gasteiger partial charge in [-0.25, -0.2) is 0 Å². The molecular weight excluding hydrogens is 309 g/mol. The molecule has 1 saturated heterocycles. The smallest absolute Gasteiger partial charge is 0.234 e. The van der Waals surface area contributed by atoms with Crippen LogP contribution >= 0.6 is 23.2 Å². The Morgan fingerprint density at radius 3 is 2.90 bits per heavy atom. The summed E-state index contributed by atoms with van der Waals surface area (Å²) in [6.07, 6.45) is 0. The molecule has 1 aromatic carbocycles. The molecule has 2 N–H and O–H groups in total. The SMILES string of the molecule is CC(NC(=O)CN1CCNC[C@H]1C)c1ccc(Cl)c(Cl)c1. The molecule has 116 valence electrons. The summed E-state index contributed by atoms with van der Waals surface area (Å²) in [4.78, 5) is 14.3. The van der Waals surface area contributed by atoms with Gasteiger partial charge in [0.2, 0.25) is 5.91 Å². The molecule has 6 heteroatoms. The van der Waals surface area contributed by atoms with Crippen LogP contribution in [0.2, 0.25) is 10.0 Å². The van der Waals surface area contributed by atoms with E-state index in [0.717, 1.165) is 25.2 Å². The summed E-state index contributed by atoms with van der Waals surface area (Å²) in [7, 11) is 0. The molecule has 0 spiro atoms. The Balaban J connectivity index is 1.90. The van der Waals surface area contributed by atoms with Gasteiger partial charge in [-0.1, -0.05) is 29.3 Å². The van der Waals surface area contributed by atoms with Crippen molar-refractivity contribution in [2.24, 2.45) is 0 Å². The van der Waals surface area contributed by atoms with Crippen molar-refractivity contribution in [2.75, 3.05) is 26.2 Å². The number of rotatable bonds is 4. The van der Waals surface area contributed by atoms with Gasteiger partial charge in [0.25, 0.3) is 0 Å². The summed E-state index contributed by atoms with van der Waals surface area (Å²) in [5.41, 5.74) is 0.950. The molecule has 0 radical (unpaired) electrons. The third-order valence-corrected chi connectivity index (χ3v) is 4.55. The van der Waals surface area contributed by atoms with Gasteiger partial charge >= 0.3 is 0 Å². The van der Waals surface area contributed by atoms with Gasteiger partial charge < -0.3 is 10.6 Å². The van der Waals surface area contributed by atoms with Crippen molar-refractivity contribution >= 4 is 29.1 Å². The van der Waals surface area contributed by atoms with Crippen molar-refractivity contribution < 1.29 is 4.79 Å². The third kappa shape index (κ3) is 4.58. The largest absolute Gasteiger partial charge is 0.348 e. The molecule has 0 bridgehead atoms. The Hall–Kier alpha value is -0.810. The Kier molecular flexibility index (Phi) is 5.88. The molecule has 0 aliphatic carbocycles. The van der Waals surface area contributed by atoms with E-state index >= 15 is 0 Å². The highest BCUT2D eigenvalue weighted by Crippen LogP contribution is 2.25. The molecule has 0 saturated carbocycles. The number of nitrogens with one attached hydrogen (secondary N) is 2. The first kappa shape index (κ1) is 16.6. The molecule has 1 fully saturated rings. The Bertz CT molecular complexity index is 510. The fourth-order valence-electron chi connectivity index (χ4n) is 2.45. The second kappa shape index (κ2) is 7.45. The summed E-state index contributed by atoms with van der Waals surface area (Å²) in [5, 5.41) is 7.35. The fourth-order valence-corrected chi connectivity index (χ4v) is 2.76. The summed E-state index contributed by atoms with van der Waals surface area (Å²) in [5.74, 6) is 0.0299. The Labute approximate surface area is 135 Å². The van der Waals surface area contributed by atoms with E-state index < -0.39 is 0 Å². The maximum Gasteiger partial charge on any atom is 0.234 e. The van der Waals surface area contributed by atoms with Gasteiger partial charge in [0.05, 0.1) is 22.6 Å². The maximum atomic E-state index is 12.2. The quantitative estimate of drug-likeness (QED) is 0.891. The minimum absolute atomic E-state index is 0.0299. The number of hydrogen-bond acceptors (Lipinski definition) is 3. The summed E-state index contributed by atoms with van der Waals surface area (Å²) in [6, 6.07) is 5.71. The topological polar surface area (TPSA) is 44.4 Å². The summed E-state index contributed by atoms with van der Waals surface area (Å²) in [6.45, 7) is 7.25. The molecule has 2 atom stereocenters. The first-order valence-electron chi connectivity index (χ1n) is 7.16. The predicted octanol–water partition coefficient (Wildman–Crippen LogP) is 2.46. The van der Waals surface area contributed by atoms with E-state index in [-0.39, 0.29) is 11.9 Å². The van der Waals surface area contributed by atoms with Crippen LogP contribution in [0.15, 0.2) is 18.2 Å². The first-order valence-corrected chi connectivity index (χ1v) is 7.92. The standard InChI is InChI=1S/C15H21Cl2N3O/c1-10-8-18-5-6-20(10)9-15(21)19-11(2)12-3-4-13(16)14(17)7-12/h3-4,7,10-11,18H,5-6,8-9H2,1-2H3,(H,19,21)/t10-,11?/m1/s1. The Morgan fingerprint density at radius 1 is 1.48 bits per heavy atom. The number of amides is 1. The van der Waals surface area contributed by atoms with Gasteiger partial charge in [-0.05, 0) is 31.5 Å². The fraction of sp³-hybridized carbons (Fsp3) is 0.533. The van der Waals surface area contributed by atoms with Gasteiger partial charge in [-0.15, -0.1) is 0 Å². The van der Waals surface area contributed by atoms with Crippen LogP contribution in [0.1, 0.15) is 25.5 Å². The zero-order chi connectivity index (χ0) is 15.4. The lowest BCUT2D eigenvalue weighted by Crippen LogP contribution is -2.52. The Morgan fingerprint density at radius 2 is 2.24 bits per heavy atom. The molecule has 1 aromatic rings. The van der Waals surface area contributed by atoms with Gasteiger partial charge in [0, 0.05) is 25.7 Å². The monoisotopic (exact) mass is 329 g/mol. The first-order chi connectivity index (χ1) is 9.97. The lowest BCUT2D eigenvalue weighted by molar-refractivity contribution is -0.123. The third-order valence-electron chi connectivity index (χ3n) is 3.81. The number of hydrogen-bond donors (Lipinski definition) is 2. The van der Waals surface area contributed by atoms with Gasteiger partial charge in [-0.3, -0.25) is 9.69 Å². The molecule has 1 amide bonds. The average molecular weight is 330 g/mol. The molecule has 0 aromatic heterocycles. The second-order valence-corrected chi connectivity index (χ2v) is 6.30. The van der Waals surface area contributed by atoms with Crippen molar-refractivity contribution in [3.63, 3.8) is 0 Å². The van der Waals surface area contributed by atoms with Crippen molar-refractivity contribution in [3.05, 3.63) is 33.8 Å². The van der Waals surface area contributed by atoms with Crippen molar-refractivity contribution in [3.8, 4) is 0 Å². The minimum Gasteiger partial charge on any atom is -0.348 e. The molecule has 2 rings (SSSR count). The summed E-state index contributed by atoms with van der Waals surface area (Å²) < 4.78 is 0. The van der Waals surface area contributed by atoms with E-state index in [0.29, 0.717) is 22.6 Å². The van der Waals surface area contributed by atoms with E-state index in [9.17, 15) is 4.79 Å². The molecule has 1 unspecified atom stereocenters. The molecular formula is C15H21Cl2N3O. The van der Waals surface area contributed by atoms with Crippen LogP contribution in [-0.2, 0) is 4.79 Å². The molecule has 1 aliphatic rings. The van der Waals surface area contributed by atoms with Crippen molar-refractivity contribution in [2.45, 2.75) is 25.9 Å². The van der Waals surface area contributed by atoms with E-state index in [2.05, 4.69) is 22.5 Å². The number of carbonyl (C=O) groups is 1. The molecule has 21 heavy (non-hydrogen) atoms. The lowest BCUT2D eigenvalue weighted by Gasteiger charge is -2.33. The van der Waals surface area contributed by atoms with E-state index in [1.807, 2.05) is 13.0 Å². The number of halogens is 2. The van der Waals surface area contributed by atoms with E-state index in [1.54, 1.807) is 12.1 Å². The second-order valence-electron chi connectivity index (χ2n) is 5.49. The van der Waals surface area contributed by atoms with Crippen LogP contribution in [0.4, 0.5) is 0 Å². The van der Waals surface area contributed by atoms with E-state index in [4.69, 9.17) is 23.2 Å². The number of carbonyl (C=O) groups excluding carboxylic acids is 1. The zero-order valence-corrected chi connectivity index (χ0v) is 13.8. The molecule has 1 heterocycles. The maximum absolute atomic E-state index is 12.2. The zero-order valence-electron chi connectivity index (χ0n) is 12.3. The lowest BCUT2D eigenvalue weighted by atomic mass is 10.1. The van der Waals surface area contributed by atoms with Gasteiger partial charge in [0.1, 0.15) is 0 Å². The van der Waals surface area contributed by atoms with Crippen LogP contribution in [0, 0.1) is 0 Å². The molecule has 4 nitrogen and oxygen atoms in total. The summed E-state index contributed by atoms with van der Waals surface area (Å²) >= 11 is 11.9. The predicted molar refractivity (Wildman–Crippen MR) is 86.9 cm³/mol. The van der Waals surface area contributed by atoms with Crippen LogP contribution in [0.25, 0.3) is 0 Å². The van der Waals surface area contributed by atoms with Crippen LogP contribution in [0.5, 0.6) is 0 Å². The van der Waals surface area contributed by atoms with Gasteiger partial charge in [0.15, 0.2) is 0 Å². The van der Waals surface area contributed by atoms with Crippen molar-refractivity contribution in [1.29, 1.82) is 0 Å². The molecule has 1 aliphatic heterocycles. The number of nitrogens with zero attached hydrogens (tertiary/aromatic N) is 1. The highest BCUT2D eigenvalue weighted by Gasteiger charge is 2.21. The van der Waals surface area contributed by atoms with Crippen LogP contribution < -0.4 is 10.6 Å². The van der Waals surface area contributed by atoms with Crippen LogP contribution in [0.3, 0.4) is 0 Å². The average Bonchev–Trinajstić information content (AvgIpc) is 2.44. The highest BCUT2D eigenvalue weighted by molar-refractivity contribution is 6.42. The van der Waals surface area contributed by atoms with E-state index in [1.165, 1.54) is 0 Å². The number of benzene rings is 1.